The Morgan fingerprint density at radius 1 is 0.902 bits per heavy atom. The van der Waals surface area contributed by atoms with E-state index in [1.54, 1.807) is 48.9 Å². The molecule has 41 heavy (non-hydrogen) atoms. The van der Waals surface area contributed by atoms with Crippen molar-refractivity contribution in [1.82, 2.24) is 14.9 Å². The van der Waals surface area contributed by atoms with Crippen LogP contribution in [0.4, 0.5) is 11.4 Å². The summed E-state index contributed by atoms with van der Waals surface area (Å²) < 4.78 is 28.7. The number of amides is 1. The van der Waals surface area contributed by atoms with E-state index in [4.69, 9.17) is 0 Å². The summed E-state index contributed by atoms with van der Waals surface area (Å²) in [4.78, 5) is 25.3. The van der Waals surface area contributed by atoms with Crippen LogP contribution in [0.3, 0.4) is 0 Å². The van der Waals surface area contributed by atoms with Crippen LogP contribution in [-0.2, 0) is 23.1 Å². The number of nitrogens with one attached hydrogen (secondary N) is 2. The fourth-order valence-corrected chi connectivity index (χ4v) is 6.08. The fourth-order valence-electron chi connectivity index (χ4n) is 5.01. The van der Waals surface area contributed by atoms with Crippen LogP contribution in [0, 0.1) is 0 Å². The molecule has 4 aromatic carbocycles. The number of rotatable bonds is 6. The summed E-state index contributed by atoms with van der Waals surface area (Å²) in [6, 6.07) is 27.5. The van der Waals surface area contributed by atoms with Crippen LogP contribution in [0.2, 0.25) is 0 Å². The predicted octanol–water partition coefficient (Wildman–Crippen LogP) is 5.87. The average Bonchev–Trinajstić information content (AvgIpc) is 3.41. The number of carbonyl (C=O) groups excluding carboxylic acids is 1. The number of H-pyrrole nitrogens is 1. The van der Waals surface area contributed by atoms with Gasteiger partial charge in [0.15, 0.2) is 0 Å². The first-order chi connectivity index (χ1) is 19.0. The molecule has 0 spiro atoms. The molecule has 0 unspecified atom stereocenters. The summed E-state index contributed by atoms with van der Waals surface area (Å²) in [5.74, 6) is -0.0324. The highest BCUT2D eigenvalue weighted by Crippen LogP contribution is 2.32. The highest BCUT2D eigenvalue weighted by molar-refractivity contribution is 7.92. The molecular formula is C30H29Cl2N5O3S. The second-order valence-corrected chi connectivity index (χ2v) is 11.2. The van der Waals surface area contributed by atoms with Gasteiger partial charge >= 0.3 is 0 Å². The maximum absolute atomic E-state index is 13.8. The Labute approximate surface area is 251 Å². The van der Waals surface area contributed by atoms with E-state index in [0.717, 1.165) is 27.7 Å². The second kappa shape index (κ2) is 12.6. The van der Waals surface area contributed by atoms with Crippen molar-refractivity contribution >= 4 is 62.9 Å². The van der Waals surface area contributed by atoms with Crippen molar-refractivity contribution in [1.29, 1.82) is 0 Å². The first-order valence-corrected chi connectivity index (χ1v) is 14.2. The lowest BCUT2D eigenvalue weighted by molar-refractivity contribution is 0.0753. The van der Waals surface area contributed by atoms with Gasteiger partial charge in [0.1, 0.15) is 0 Å². The molecule has 1 amide bonds. The Bertz CT molecular complexity index is 1740. The van der Waals surface area contributed by atoms with Crippen LogP contribution < -0.4 is 9.62 Å². The zero-order valence-electron chi connectivity index (χ0n) is 21.9. The molecule has 1 aromatic heterocycles. The second-order valence-electron chi connectivity index (χ2n) is 9.51. The van der Waals surface area contributed by atoms with Crippen molar-refractivity contribution in [3.63, 3.8) is 0 Å². The molecule has 0 bridgehead atoms. The van der Waals surface area contributed by atoms with Crippen molar-refractivity contribution in [2.24, 2.45) is 0 Å². The Morgan fingerprint density at radius 2 is 1.66 bits per heavy atom. The normalized spacial score (nSPS) is 13.0. The first-order valence-electron chi connectivity index (χ1n) is 12.7. The number of benzene rings is 4. The number of halogens is 2. The number of aromatic nitrogens is 2. The third-order valence-electron chi connectivity index (χ3n) is 6.96. The number of aromatic amines is 1. The van der Waals surface area contributed by atoms with Crippen molar-refractivity contribution in [3.8, 4) is 0 Å². The fraction of sp³-hybridized carbons (Fsp3) is 0.133. The van der Waals surface area contributed by atoms with Gasteiger partial charge in [0.2, 0.25) is 0 Å². The van der Waals surface area contributed by atoms with Gasteiger partial charge in [0.25, 0.3) is 15.9 Å². The summed E-state index contributed by atoms with van der Waals surface area (Å²) in [5, 5.41) is 1.95. The third kappa shape index (κ3) is 6.32. The lowest BCUT2D eigenvalue weighted by Crippen LogP contribution is -2.35. The molecule has 0 fully saturated rings. The zero-order valence-corrected chi connectivity index (χ0v) is 24.4. The van der Waals surface area contributed by atoms with Gasteiger partial charge in [0.05, 0.1) is 29.1 Å². The van der Waals surface area contributed by atoms with E-state index in [1.807, 2.05) is 59.5 Å². The van der Waals surface area contributed by atoms with E-state index in [9.17, 15) is 13.2 Å². The predicted molar refractivity (Wildman–Crippen MR) is 167 cm³/mol. The van der Waals surface area contributed by atoms with Gasteiger partial charge in [-0.3, -0.25) is 9.52 Å². The average molecular weight is 611 g/mol. The topological polar surface area (TPSA) is 98.4 Å². The summed E-state index contributed by atoms with van der Waals surface area (Å²) in [5.41, 5.74) is 3.85. The van der Waals surface area contributed by atoms with Gasteiger partial charge in [-0.05, 0) is 46.7 Å². The Hall–Kier alpha value is -4.05. The van der Waals surface area contributed by atoms with E-state index in [2.05, 4.69) is 19.6 Å². The molecule has 2 heterocycles. The molecule has 0 saturated carbocycles. The highest BCUT2D eigenvalue weighted by atomic mass is 35.5. The minimum absolute atomic E-state index is 0. The SMILES string of the molecule is Cl.Cl.O=C(c1cccc2ccccc12)N1CCN(Cc2cnc[nH]2)c2cc(NS(=O)(=O)c3ccccc3)ccc2C1. The van der Waals surface area contributed by atoms with Crippen LogP contribution in [0.5, 0.6) is 0 Å². The summed E-state index contributed by atoms with van der Waals surface area (Å²) in [6.45, 7) is 2.02. The zero-order chi connectivity index (χ0) is 26.8. The standard InChI is InChI=1S/C30H27N5O3S.2ClH/c36-30(28-12-6-8-22-7-4-5-11-27(22)28)35-16-15-34(20-25-18-31-21-32-25)29-17-24(14-13-23(29)19-35)33-39(37,38)26-9-2-1-3-10-26;;/h1-14,17-18,21,33H,15-16,19-20H2,(H,31,32);2*1H. The van der Waals surface area contributed by atoms with Gasteiger partial charge in [-0.1, -0.05) is 60.7 Å². The van der Waals surface area contributed by atoms with Gasteiger partial charge in [-0.15, -0.1) is 24.8 Å². The number of hydrogen-bond donors (Lipinski definition) is 2. The van der Waals surface area contributed by atoms with E-state index < -0.39 is 10.0 Å². The number of carbonyl (C=O) groups is 1. The maximum Gasteiger partial charge on any atom is 0.261 e. The summed E-state index contributed by atoms with van der Waals surface area (Å²) in [6.07, 6.45) is 3.40. The molecule has 8 nitrogen and oxygen atoms in total. The van der Waals surface area contributed by atoms with Gasteiger partial charge in [-0.25, -0.2) is 13.4 Å². The summed E-state index contributed by atoms with van der Waals surface area (Å²) in [7, 11) is -3.75. The number of imidazole rings is 1. The molecule has 1 aliphatic heterocycles. The molecule has 0 saturated heterocycles. The van der Waals surface area contributed by atoms with Crippen molar-refractivity contribution < 1.29 is 13.2 Å². The van der Waals surface area contributed by atoms with Crippen molar-refractivity contribution in [2.45, 2.75) is 18.0 Å². The molecule has 2 N–H and O–H groups in total. The quantitative estimate of drug-likeness (QED) is 0.251. The van der Waals surface area contributed by atoms with Crippen molar-refractivity contribution in [3.05, 3.63) is 120 Å². The lowest BCUT2D eigenvalue weighted by atomic mass is 10.0. The minimum Gasteiger partial charge on any atom is -0.364 e. The number of hydrogen-bond acceptors (Lipinski definition) is 5. The first kappa shape index (κ1) is 29.9. The minimum atomic E-state index is -3.75. The van der Waals surface area contributed by atoms with Crippen LogP contribution in [0.1, 0.15) is 21.6 Å². The monoisotopic (exact) mass is 609 g/mol. The third-order valence-corrected chi connectivity index (χ3v) is 8.35. The van der Waals surface area contributed by atoms with Gasteiger partial charge in [-0.2, -0.15) is 0 Å². The van der Waals surface area contributed by atoms with Gasteiger partial charge < -0.3 is 14.8 Å². The molecular weight excluding hydrogens is 581 g/mol. The number of sulfonamides is 1. The Kier molecular flexibility index (Phi) is 9.22. The Balaban J connectivity index is 0.00000194. The lowest BCUT2D eigenvalue weighted by Gasteiger charge is -2.25. The van der Waals surface area contributed by atoms with Crippen LogP contribution >= 0.6 is 24.8 Å². The van der Waals surface area contributed by atoms with Gasteiger partial charge in [0, 0.05) is 37.1 Å². The summed E-state index contributed by atoms with van der Waals surface area (Å²) >= 11 is 0. The molecule has 11 heteroatoms. The Morgan fingerprint density at radius 3 is 2.44 bits per heavy atom. The number of nitrogens with zero attached hydrogens (tertiary/aromatic N) is 3. The van der Waals surface area contributed by atoms with Crippen LogP contribution in [-0.4, -0.2) is 42.3 Å². The smallest absolute Gasteiger partial charge is 0.261 e. The van der Waals surface area contributed by atoms with E-state index in [-0.39, 0.29) is 35.6 Å². The molecule has 0 atom stereocenters. The van der Waals surface area contributed by atoms with E-state index in [0.29, 0.717) is 37.4 Å². The molecule has 0 aliphatic carbocycles. The van der Waals surface area contributed by atoms with E-state index in [1.165, 1.54) is 0 Å². The highest BCUT2D eigenvalue weighted by Gasteiger charge is 2.26. The van der Waals surface area contributed by atoms with E-state index >= 15 is 0 Å². The number of anilines is 2. The molecule has 1 aliphatic rings. The molecule has 5 aromatic rings. The van der Waals surface area contributed by atoms with Crippen LogP contribution in [0.25, 0.3) is 10.8 Å². The maximum atomic E-state index is 13.8. The molecule has 212 valence electrons. The van der Waals surface area contributed by atoms with Crippen molar-refractivity contribution in [2.75, 3.05) is 22.7 Å². The van der Waals surface area contributed by atoms with Crippen LogP contribution in [0.15, 0.2) is 108 Å². The number of fused-ring (bicyclic) bond motifs is 2. The molecule has 6 rings (SSSR count). The molecule has 0 radical (unpaired) electrons. The largest absolute Gasteiger partial charge is 0.364 e.